The van der Waals surface area contributed by atoms with Crippen molar-refractivity contribution in [3.8, 4) is 0 Å². The zero-order chi connectivity index (χ0) is 7.71. The van der Waals surface area contributed by atoms with Crippen molar-refractivity contribution in [1.82, 2.24) is 0 Å². The van der Waals surface area contributed by atoms with Gasteiger partial charge in [-0.2, -0.15) is 0 Å². The molecular weight excluding hydrogens is 383 g/mol. The first-order valence-corrected chi connectivity index (χ1v) is 4.38. The maximum absolute atomic E-state index is 9.32. The van der Waals surface area contributed by atoms with Gasteiger partial charge in [-0.3, -0.25) is 0 Å². The van der Waals surface area contributed by atoms with Gasteiger partial charge < -0.3 is 33.0 Å². The first-order valence-electron chi connectivity index (χ1n) is 1.46. The summed E-state index contributed by atoms with van der Waals surface area (Å²) in [6.45, 7) is 0. The van der Waals surface area contributed by atoms with Crippen molar-refractivity contribution in [2.45, 2.75) is 0 Å². The van der Waals surface area contributed by atoms with Crippen molar-refractivity contribution >= 4 is 41.8 Å². The molecular formula is BiO7P2. The van der Waals surface area contributed by atoms with Crippen LogP contribution in [-0.2, 0) is 13.4 Å². The van der Waals surface area contributed by atoms with Gasteiger partial charge in [-0.05, 0) is 0 Å². The van der Waals surface area contributed by atoms with Crippen molar-refractivity contribution in [2.75, 3.05) is 0 Å². The predicted octanol–water partition coefficient (Wildman–Crippen LogP) is -3.72. The van der Waals surface area contributed by atoms with E-state index in [9.17, 15) is 28.7 Å². The van der Waals surface area contributed by atoms with Crippen LogP contribution in [0.4, 0.5) is 0 Å². The van der Waals surface area contributed by atoms with E-state index in [-0.39, 0.29) is 26.2 Å². The summed E-state index contributed by atoms with van der Waals surface area (Å²) in [5.74, 6) is 0. The summed E-state index contributed by atoms with van der Waals surface area (Å²) in [6, 6.07) is 0. The van der Waals surface area contributed by atoms with Crippen LogP contribution in [0.25, 0.3) is 0 Å². The molecule has 1 radical (unpaired) electrons. The minimum atomic E-state index is -5.68. The van der Waals surface area contributed by atoms with Gasteiger partial charge in [0.2, 0.25) is 0 Å². The SMILES string of the molecule is O=P([O-])([O-])OP(=O)([O-])[O-].[Bi+4]. The Hall–Kier alpha value is 1.14. The molecule has 0 atom stereocenters. The predicted molar refractivity (Wildman–Crippen MR) is 22.1 cm³/mol. The van der Waals surface area contributed by atoms with E-state index in [1.54, 1.807) is 0 Å². The van der Waals surface area contributed by atoms with Crippen LogP contribution in [0.1, 0.15) is 0 Å². The summed E-state index contributed by atoms with van der Waals surface area (Å²) in [6.07, 6.45) is 0. The molecule has 57 valence electrons. The average molecular weight is 383 g/mol. The van der Waals surface area contributed by atoms with Crippen LogP contribution < -0.4 is 19.6 Å². The van der Waals surface area contributed by atoms with Crippen molar-refractivity contribution in [2.24, 2.45) is 0 Å². The molecule has 0 saturated heterocycles. The molecule has 0 spiro atoms. The van der Waals surface area contributed by atoms with Crippen LogP contribution in [0.2, 0.25) is 0 Å². The fourth-order valence-electron chi connectivity index (χ4n) is 0.122. The molecule has 0 aromatic carbocycles. The molecule has 0 aliphatic rings. The Balaban J connectivity index is 0. The van der Waals surface area contributed by atoms with Crippen LogP contribution in [-0.4, -0.2) is 26.2 Å². The molecule has 10 heteroatoms. The van der Waals surface area contributed by atoms with E-state index in [2.05, 4.69) is 4.31 Å². The smallest absolute Gasteiger partial charge is 0.790 e. The Kier molecular flexibility index (Phi) is 5.81. The topological polar surface area (TPSA) is 136 Å². The maximum Gasteiger partial charge on any atom is 4.00 e. The van der Waals surface area contributed by atoms with Gasteiger partial charge in [0.15, 0.2) is 0 Å². The van der Waals surface area contributed by atoms with E-state index in [0.717, 1.165) is 0 Å². The second-order valence-electron chi connectivity index (χ2n) is 0.976. The molecule has 0 amide bonds. The molecule has 0 N–H and O–H groups in total. The Morgan fingerprint density at radius 1 is 0.900 bits per heavy atom. The molecule has 7 nitrogen and oxygen atoms in total. The molecule has 0 bridgehead atoms. The molecule has 0 fully saturated rings. The second-order valence-corrected chi connectivity index (χ2v) is 3.42. The van der Waals surface area contributed by atoms with Crippen LogP contribution in [0.5, 0.6) is 0 Å². The van der Waals surface area contributed by atoms with Gasteiger partial charge in [-0.25, -0.2) is 0 Å². The molecule has 0 rings (SSSR count). The zero-order valence-electron chi connectivity index (χ0n) is 4.20. The molecule has 0 aromatic rings. The fourth-order valence-corrected chi connectivity index (χ4v) is 1.10. The molecule has 0 saturated carbocycles. The molecule has 10 heavy (non-hydrogen) atoms. The molecule has 0 heterocycles. The first-order chi connectivity index (χ1) is 3.71. The maximum atomic E-state index is 9.32. The summed E-state index contributed by atoms with van der Waals surface area (Å²) in [7, 11) is -11.4. The Morgan fingerprint density at radius 2 is 1.10 bits per heavy atom. The second kappa shape index (κ2) is 4.24. The van der Waals surface area contributed by atoms with Gasteiger partial charge in [0.05, 0.1) is 15.6 Å². The van der Waals surface area contributed by atoms with Gasteiger partial charge in [-0.1, -0.05) is 0 Å². The Morgan fingerprint density at radius 3 is 1.10 bits per heavy atom. The largest absolute Gasteiger partial charge is 4.00 e. The molecule has 0 aliphatic carbocycles. The molecule has 0 aliphatic heterocycles. The monoisotopic (exact) mass is 383 g/mol. The summed E-state index contributed by atoms with van der Waals surface area (Å²) in [5, 5.41) is 0. The quantitative estimate of drug-likeness (QED) is 0.354. The number of hydrogen-bond donors (Lipinski definition) is 0. The third-order valence-corrected chi connectivity index (χ3v) is 1.80. The van der Waals surface area contributed by atoms with E-state index in [1.807, 2.05) is 0 Å². The Bertz CT molecular complexity index is 152. The van der Waals surface area contributed by atoms with E-state index < -0.39 is 15.6 Å². The third kappa shape index (κ3) is 11.9. The van der Waals surface area contributed by atoms with E-state index in [4.69, 9.17) is 0 Å². The van der Waals surface area contributed by atoms with Gasteiger partial charge >= 0.3 is 26.2 Å². The third-order valence-electron chi connectivity index (χ3n) is 0.200. The summed E-state index contributed by atoms with van der Waals surface area (Å²) in [4.78, 5) is 37.3. The molecule has 0 unspecified atom stereocenters. The minimum absolute atomic E-state index is 0. The van der Waals surface area contributed by atoms with Crippen LogP contribution in [0.15, 0.2) is 0 Å². The van der Waals surface area contributed by atoms with Gasteiger partial charge in [-0.15, -0.1) is 0 Å². The van der Waals surface area contributed by atoms with E-state index in [1.165, 1.54) is 0 Å². The first kappa shape index (κ1) is 13.7. The number of hydrogen-bond acceptors (Lipinski definition) is 7. The minimum Gasteiger partial charge on any atom is -0.790 e. The van der Waals surface area contributed by atoms with Gasteiger partial charge in [0.25, 0.3) is 0 Å². The standard InChI is InChI=1S/Bi.H4O7P2/c;1-8(2,3)7-9(4,5)6/h;(H2,1,2,3)(H2,4,5,6)/q+4;/p-4. The van der Waals surface area contributed by atoms with Crippen LogP contribution in [0.3, 0.4) is 0 Å². The van der Waals surface area contributed by atoms with Crippen molar-refractivity contribution < 1.29 is 33.0 Å². The average Bonchev–Trinajstić information content (AvgIpc) is 1.14. The summed E-state index contributed by atoms with van der Waals surface area (Å²) in [5.41, 5.74) is 0. The number of phosphoric acid groups is 2. The molecule has 0 aromatic heterocycles. The zero-order valence-corrected chi connectivity index (χ0v) is 9.47. The summed E-state index contributed by atoms with van der Waals surface area (Å²) < 4.78 is 21.2. The number of rotatable bonds is 2. The fraction of sp³-hybridized carbons (Fsp3) is 0. The van der Waals surface area contributed by atoms with Crippen molar-refractivity contribution in [3.05, 3.63) is 0 Å². The summed E-state index contributed by atoms with van der Waals surface area (Å²) >= 11 is 0. The van der Waals surface area contributed by atoms with Crippen molar-refractivity contribution in [3.63, 3.8) is 0 Å². The van der Waals surface area contributed by atoms with Crippen LogP contribution in [0, 0.1) is 0 Å². The normalized spacial score (nSPS) is 12.4. The van der Waals surface area contributed by atoms with E-state index in [0.29, 0.717) is 0 Å². The van der Waals surface area contributed by atoms with E-state index >= 15 is 0 Å². The van der Waals surface area contributed by atoms with Gasteiger partial charge in [0.1, 0.15) is 0 Å². The van der Waals surface area contributed by atoms with Crippen molar-refractivity contribution in [1.29, 1.82) is 0 Å². The van der Waals surface area contributed by atoms with Gasteiger partial charge in [0, 0.05) is 0 Å². The Labute approximate surface area is 75.0 Å². The van der Waals surface area contributed by atoms with Crippen LogP contribution >= 0.6 is 15.6 Å².